The lowest BCUT2D eigenvalue weighted by atomic mass is 10.0. The monoisotopic (exact) mass is 463 g/mol. The van der Waals surface area contributed by atoms with Crippen molar-refractivity contribution in [2.24, 2.45) is 0 Å². The molecule has 9 heteroatoms. The van der Waals surface area contributed by atoms with Gasteiger partial charge >= 0.3 is 6.03 Å². The molecule has 180 valence electrons. The Morgan fingerprint density at radius 3 is 2.68 bits per heavy atom. The Balaban J connectivity index is 1.45. The van der Waals surface area contributed by atoms with Crippen LogP contribution in [-0.2, 0) is 0 Å². The number of hydrogen-bond acceptors (Lipinski definition) is 5. The zero-order valence-corrected chi connectivity index (χ0v) is 20.2. The first-order valence-electron chi connectivity index (χ1n) is 11.7. The summed E-state index contributed by atoms with van der Waals surface area (Å²) in [6.45, 7) is 5.58. The number of carbonyl (C=O) groups is 2. The standard InChI is InChI=1S/C25H33N7O2/c1-16(2)29-22-6-5-11-27-23(22)31(4)18-9-12-32(13-10-18)24(33)20-15-28-21-8-7-17(14-19(20)21)30-25(34)26-3/h5-8,11,14-16,18,28-29H,9-10,12-13H2,1-4H3,(H2,26,30,34). The van der Waals surface area contributed by atoms with E-state index in [4.69, 9.17) is 0 Å². The molecule has 0 unspecified atom stereocenters. The van der Waals surface area contributed by atoms with Gasteiger partial charge in [0.15, 0.2) is 5.82 Å². The fourth-order valence-corrected chi connectivity index (χ4v) is 4.47. The quantitative estimate of drug-likeness (QED) is 0.444. The van der Waals surface area contributed by atoms with Crippen LogP contribution in [0.15, 0.2) is 42.7 Å². The van der Waals surface area contributed by atoms with E-state index in [0.717, 1.165) is 35.2 Å². The lowest BCUT2D eigenvalue weighted by Crippen LogP contribution is -2.46. The summed E-state index contributed by atoms with van der Waals surface area (Å²) in [6.07, 6.45) is 5.31. The molecular formula is C25H33N7O2. The third-order valence-corrected chi connectivity index (χ3v) is 6.26. The van der Waals surface area contributed by atoms with E-state index < -0.39 is 0 Å². The van der Waals surface area contributed by atoms with Crippen LogP contribution in [0.1, 0.15) is 37.0 Å². The smallest absolute Gasteiger partial charge is 0.318 e. The molecule has 34 heavy (non-hydrogen) atoms. The number of hydrogen-bond donors (Lipinski definition) is 4. The van der Waals surface area contributed by atoms with Gasteiger partial charge in [0, 0.05) is 68.3 Å². The summed E-state index contributed by atoms with van der Waals surface area (Å²) in [6, 6.07) is 9.84. The number of amides is 3. The lowest BCUT2D eigenvalue weighted by molar-refractivity contribution is 0.0715. The molecule has 3 amide bonds. The molecule has 1 aromatic carbocycles. The molecule has 0 spiro atoms. The second kappa shape index (κ2) is 10.0. The van der Waals surface area contributed by atoms with Crippen LogP contribution in [0.25, 0.3) is 10.9 Å². The average molecular weight is 464 g/mol. The Bertz CT molecular complexity index is 1170. The van der Waals surface area contributed by atoms with Crippen LogP contribution in [0.5, 0.6) is 0 Å². The predicted octanol–water partition coefficient (Wildman–Crippen LogP) is 3.88. The minimum atomic E-state index is -0.298. The Morgan fingerprint density at radius 1 is 1.21 bits per heavy atom. The highest BCUT2D eigenvalue weighted by molar-refractivity contribution is 6.08. The van der Waals surface area contributed by atoms with Crippen LogP contribution >= 0.6 is 0 Å². The van der Waals surface area contributed by atoms with Gasteiger partial charge in [-0.15, -0.1) is 0 Å². The Hall–Kier alpha value is -3.75. The molecule has 1 saturated heterocycles. The summed E-state index contributed by atoms with van der Waals surface area (Å²) in [4.78, 5) is 37.0. The molecular weight excluding hydrogens is 430 g/mol. The largest absolute Gasteiger partial charge is 0.380 e. The fourth-order valence-electron chi connectivity index (χ4n) is 4.47. The molecule has 1 aliphatic heterocycles. The molecule has 3 heterocycles. The summed E-state index contributed by atoms with van der Waals surface area (Å²) >= 11 is 0. The van der Waals surface area contributed by atoms with Crippen molar-refractivity contribution >= 4 is 40.0 Å². The van der Waals surface area contributed by atoms with Gasteiger partial charge in [-0.2, -0.15) is 0 Å². The van der Waals surface area contributed by atoms with Crippen LogP contribution in [0.2, 0.25) is 0 Å². The van der Waals surface area contributed by atoms with Gasteiger partial charge in [-0.05, 0) is 57.0 Å². The van der Waals surface area contributed by atoms with E-state index in [1.165, 1.54) is 0 Å². The van der Waals surface area contributed by atoms with E-state index in [1.807, 2.05) is 35.4 Å². The van der Waals surface area contributed by atoms with Crippen LogP contribution in [0, 0.1) is 0 Å². The van der Waals surface area contributed by atoms with Gasteiger partial charge in [-0.1, -0.05) is 0 Å². The van der Waals surface area contributed by atoms with Crippen molar-refractivity contribution in [2.75, 3.05) is 42.7 Å². The van der Waals surface area contributed by atoms with Crippen molar-refractivity contribution in [2.45, 2.75) is 38.8 Å². The topological polar surface area (TPSA) is 105 Å². The number of urea groups is 1. The number of rotatable bonds is 6. The SMILES string of the molecule is CNC(=O)Nc1ccc2[nH]cc(C(=O)N3CCC(N(C)c4ncccc4NC(C)C)CC3)c2c1. The molecule has 4 rings (SSSR count). The van der Waals surface area contributed by atoms with Crippen LogP contribution in [0.4, 0.5) is 22.0 Å². The predicted molar refractivity (Wildman–Crippen MR) is 137 cm³/mol. The maximum Gasteiger partial charge on any atom is 0.318 e. The van der Waals surface area contributed by atoms with Gasteiger partial charge in [0.1, 0.15) is 0 Å². The normalized spacial score (nSPS) is 14.3. The molecule has 9 nitrogen and oxygen atoms in total. The van der Waals surface area contributed by atoms with Crippen molar-refractivity contribution in [3.63, 3.8) is 0 Å². The number of H-pyrrole nitrogens is 1. The number of aromatic nitrogens is 2. The molecule has 0 atom stereocenters. The van der Waals surface area contributed by atoms with Crippen LogP contribution in [0.3, 0.4) is 0 Å². The molecule has 0 saturated carbocycles. The highest BCUT2D eigenvalue weighted by Gasteiger charge is 2.28. The minimum Gasteiger partial charge on any atom is -0.380 e. The molecule has 1 aliphatic rings. The number of aromatic amines is 1. The lowest BCUT2D eigenvalue weighted by Gasteiger charge is -2.38. The Labute approximate surface area is 199 Å². The summed E-state index contributed by atoms with van der Waals surface area (Å²) < 4.78 is 0. The van der Waals surface area contributed by atoms with E-state index in [-0.39, 0.29) is 11.9 Å². The number of carbonyl (C=O) groups excluding carboxylic acids is 2. The Kier molecular flexibility index (Phi) is 6.90. The average Bonchev–Trinajstić information content (AvgIpc) is 3.26. The van der Waals surface area contributed by atoms with E-state index in [1.54, 1.807) is 13.2 Å². The molecule has 3 aromatic rings. The van der Waals surface area contributed by atoms with E-state index >= 15 is 0 Å². The number of benzene rings is 1. The molecule has 0 bridgehead atoms. The summed E-state index contributed by atoms with van der Waals surface area (Å²) in [5.41, 5.74) is 3.15. The number of nitrogens with zero attached hydrogens (tertiary/aromatic N) is 3. The minimum absolute atomic E-state index is 0.00412. The second-order valence-electron chi connectivity index (χ2n) is 8.97. The van der Waals surface area contributed by atoms with E-state index in [9.17, 15) is 9.59 Å². The molecule has 0 radical (unpaired) electrons. The Morgan fingerprint density at radius 2 is 1.97 bits per heavy atom. The molecule has 4 N–H and O–H groups in total. The third-order valence-electron chi connectivity index (χ3n) is 6.26. The molecule has 1 fully saturated rings. The van der Waals surface area contributed by atoms with Gasteiger partial charge in [0.2, 0.25) is 0 Å². The summed E-state index contributed by atoms with van der Waals surface area (Å²) in [5, 5.41) is 9.58. The zero-order chi connectivity index (χ0) is 24.2. The van der Waals surface area contributed by atoms with Crippen molar-refractivity contribution < 1.29 is 9.59 Å². The van der Waals surface area contributed by atoms with Crippen LogP contribution < -0.4 is 20.9 Å². The highest BCUT2D eigenvalue weighted by atomic mass is 16.2. The van der Waals surface area contributed by atoms with Crippen molar-refractivity contribution in [3.05, 3.63) is 48.3 Å². The number of fused-ring (bicyclic) bond motifs is 1. The van der Waals surface area contributed by atoms with Gasteiger partial charge < -0.3 is 30.7 Å². The number of anilines is 3. The van der Waals surface area contributed by atoms with Gasteiger partial charge in [-0.25, -0.2) is 9.78 Å². The summed E-state index contributed by atoms with van der Waals surface area (Å²) in [5.74, 6) is 0.943. The van der Waals surface area contributed by atoms with Crippen molar-refractivity contribution in [1.29, 1.82) is 0 Å². The number of pyridine rings is 1. The van der Waals surface area contributed by atoms with E-state index in [2.05, 4.69) is 57.8 Å². The van der Waals surface area contributed by atoms with Gasteiger partial charge in [0.25, 0.3) is 5.91 Å². The van der Waals surface area contributed by atoms with Gasteiger partial charge in [0.05, 0.1) is 11.3 Å². The number of piperidine rings is 1. The maximum absolute atomic E-state index is 13.4. The number of nitrogens with one attached hydrogen (secondary N) is 4. The van der Waals surface area contributed by atoms with Gasteiger partial charge in [-0.3, -0.25) is 4.79 Å². The first-order valence-corrected chi connectivity index (χ1v) is 11.7. The highest BCUT2D eigenvalue weighted by Crippen LogP contribution is 2.29. The van der Waals surface area contributed by atoms with Crippen molar-refractivity contribution in [3.8, 4) is 0 Å². The van der Waals surface area contributed by atoms with Crippen LogP contribution in [-0.4, -0.2) is 66.1 Å². The first-order chi connectivity index (χ1) is 16.4. The second-order valence-corrected chi connectivity index (χ2v) is 8.97. The number of likely N-dealkylation sites (tertiary alicyclic amines) is 1. The van der Waals surface area contributed by atoms with E-state index in [0.29, 0.717) is 36.4 Å². The molecule has 2 aromatic heterocycles. The summed E-state index contributed by atoms with van der Waals surface area (Å²) in [7, 11) is 3.65. The third kappa shape index (κ3) is 4.93. The van der Waals surface area contributed by atoms with Crippen molar-refractivity contribution in [1.82, 2.24) is 20.2 Å². The first kappa shape index (κ1) is 23.4. The molecule has 0 aliphatic carbocycles. The maximum atomic E-state index is 13.4. The fraction of sp³-hybridized carbons (Fsp3) is 0.400. The zero-order valence-electron chi connectivity index (χ0n) is 20.2.